The van der Waals surface area contributed by atoms with E-state index in [1.54, 1.807) is 30.3 Å². The van der Waals surface area contributed by atoms with Crippen LogP contribution in [0.1, 0.15) is 61.9 Å². The summed E-state index contributed by atoms with van der Waals surface area (Å²) in [5.74, 6) is -0.0323. The van der Waals surface area contributed by atoms with Gasteiger partial charge >= 0.3 is 0 Å². The molecule has 5 aliphatic rings. The Morgan fingerprint density at radius 2 is 1.85 bits per heavy atom. The first kappa shape index (κ1) is 26.4. The number of allylic oxidation sites excluding steroid dienone is 2. The highest BCUT2D eigenvalue weighted by Crippen LogP contribution is 2.71. The average Bonchev–Trinajstić information content (AvgIpc) is 3.30. The number of ether oxygens (including phenoxy) is 1. The van der Waals surface area contributed by atoms with Crippen LogP contribution in [0.2, 0.25) is 0 Å². The highest BCUT2D eigenvalue weighted by atomic mass is 16.5. The van der Waals surface area contributed by atoms with Gasteiger partial charge in [0.05, 0.1) is 11.7 Å². The maximum atomic E-state index is 13.2. The minimum atomic E-state index is -0.685. The van der Waals surface area contributed by atoms with Gasteiger partial charge in [-0.15, -0.1) is 0 Å². The van der Waals surface area contributed by atoms with Crippen LogP contribution in [-0.4, -0.2) is 39.5 Å². The van der Waals surface area contributed by atoms with E-state index in [0.29, 0.717) is 29.2 Å². The average molecular weight is 546 g/mol. The Morgan fingerprint density at radius 3 is 2.60 bits per heavy atom. The molecule has 4 fully saturated rings. The molecule has 0 aromatic heterocycles. The number of phenols is 2. The number of rotatable bonds is 7. The third-order valence-electron chi connectivity index (χ3n) is 9.79. The second-order valence-electron chi connectivity index (χ2n) is 12.4. The number of aromatic hydroxyl groups is 2. The van der Waals surface area contributed by atoms with Crippen LogP contribution in [0.25, 0.3) is 0 Å². The fourth-order valence-corrected chi connectivity index (χ4v) is 7.92. The molecule has 2 saturated heterocycles. The molecule has 7 rings (SSSR count). The van der Waals surface area contributed by atoms with E-state index in [9.17, 15) is 24.6 Å². The van der Waals surface area contributed by atoms with Crippen LogP contribution in [-0.2, 0) is 20.9 Å². The van der Waals surface area contributed by atoms with Crippen LogP contribution >= 0.6 is 0 Å². The highest BCUT2D eigenvalue weighted by molar-refractivity contribution is 5.97. The smallest absolute Gasteiger partial charge is 0.269 e. The SMILES string of the molecule is CC12CC34C=CC(=O)[C@@](C)(CCC(=O)NNC(=O)c5ccc(NCc6cc(O)ccc6O)cc5)C3C(CC1C4)O2. The molecular formula is C31H35N3O6. The number of hydrogen-bond acceptors (Lipinski definition) is 7. The lowest BCUT2D eigenvalue weighted by Crippen LogP contribution is -2.56. The minimum absolute atomic E-state index is 0.0296. The molecule has 9 nitrogen and oxygen atoms in total. The third-order valence-corrected chi connectivity index (χ3v) is 9.79. The zero-order valence-electron chi connectivity index (χ0n) is 22.7. The van der Waals surface area contributed by atoms with Gasteiger partial charge in [0.25, 0.3) is 5.91 Å². The molecule has 6 atom stereocenters. The number of hydrazine groups is 1. The van der Waals surface area contributed by atoms with Gasteiger partial charge in [-0.25, -0.2) is 0 Å². The highest BCUT2D eigenvalue weighted by Gasteiger charge is 2.71. The Labute approximate surface area is 233 Å². The largest absolute Gasteiger partial charge is 0.508 e. The number of anilines is 1. The number of benzene rings is 2. The van der Waals surface area contributed by atoms with Crippen molar-refractivity contribution in [3.63, 3.8) is 0 Å². The number of ketones is 1. The zero-order chi connectivity index (χ0) is 28.3. The molecule has 3 aliphatic carbocycles. The van der Waals surface area contributed by atoms with Gasteiger partial charge in [0.2, 0.25) is 5.91 Å². The molecule has 2 aromatic rings. The van der Waals surface area contributed by atoms with Gasteiger partial charge in [0.15, 0.2) is 5.78 Å². The third kappa shape index (κ3) is 4.33. The molecule has 5 N–H and O–H groups in total. The van der Waals surface area contributed by atoms with Crippen LogP contribution < -0.4 is 16.2 Å². The van der Waals surface area contributed by atoms with Gasteiger partial charge in [-0.1, -0.05) is 13.0 Å². The fourth-order valence-electron chi connectivity index (χ4n) is 7.92. The molecule has 0 radical (unpaired) electrons. The topological polar surface area (TPSA) is 137 Å². The summed E-state index contributed by atoms with van der Waals surface area (Å²) in [6.07, 6.45) is 7.36. The molecular weight excluding hydrogens is 510 g/mol. The van der Waals surface area contributed by atoms with Gasteiger partial charge in [-0.3, -0.25) is 25.2 Å². The summed E-state index contributed by atoms with van der Waals surface area (Å²) in [6, 6.07) is 11.0. The van der Waals surface area contributed by atoms with Crippen molar-refractivity contribution in [2.45, 2.75) is 64.2 Å². The van der Waals surface area contributed by atoms with Crippen LogP contribution in [0.4, 0.5) is 5.69 Å². The van der Waals surface area contributed by atoms with Crippen molar-refractivity contribution in [3.05, 3.63) is 65.7 Å². The summed E-state index contributed by atoms with van der Waals surface area (Å²) in [7, 11) is 0. The van der Waals surface area contributed by atoms with Crippen molar-refractivity contribution in [3.8, 4) is 11.5 Å². The summed E-state index contributed by atoms with van der Waals surface area (Å²) in [4.78, 5) is 38.5. The van der Waals surface area contributed by atoms with Gasteiger partial charge in [-0.05, 0) is 92.5 Å². The minimum Gasteiger partial charge on any atom is -0.508 e. The molecule has 4 bridgehead atoms. The number of hydrogen-bond donors (Lipinski definition) is 5. The van der Waals surface area contributed by atoms with E-state index in [1.165, 1.54) is 18.2 Å². The van der Waals surface area contributed by atoms with Crippen LogP contribution in [0.3, 0.4) is 0 Å². The number of phenolic OH excluding ortho intramolecular Hbond substituents is 2. The molecule has 2 aromatic carbocycles. The van der Waals surface area contributed by atoms with Crippen molar-refractivity contribution >= 4 is 23.3 Å². The number of carbonyl (C=O) groups is 3. The number of carbonyl (C=O) groups excluding carboxylic acids is 3. The molecule has 2 amide bonds. The Morgan fingerprint density at radius 1 is 1.07 bits per heavy atom. The van der Waals surface area contributed by atoms with Gasteiger partial charge < -0.3 is 20.3 Å². The first-order valence-electron chi connectivity index (χ1n) is 13.9. The fraction of sp³-hybridized carbons (Fsp3) is 0.452. The second kappa shape index (κ2) is 9.37. The van der Waals surface area contributed by atoms with E-state index in [0.717, 1.165) is 19.3 Å². The van der Waals surface area contributed by atoms with Crippen LogP contribution in [0.15, 0.2) is 54.6 Å². The number of nitrogens with one attached hydrogen (secondary N) is 3. The van der Waals surface area contributed by atoms with Gasteiger partial charge in [-0.2, -0.15) is 0 Å². The monoisotopic (exact) mass is 545 g/mol. The molecule has 1 spiro atoms. The summed E-state index contributed by atoms with van der Waals surface area (Å²) in [5, 5.41) is 22.6. The quantitative estimate of drug-likeness (QED) is 0.262. The van der Waals surface area contributed by atoms with E-state index in [4.69, 9.17) is 4.74 Å². The molecule has 210 valence electrons. The van der Waals surface area contributed by atoms with Crippen molar-refractivity contribution in [1.29, 1.82) is 0 Å². The molecule has 2 heterocycles. The Kier molecular flexibility index (Phi) is 6.18. The van der Waals surface area contributed by atoms with E-state index < -0.39 is 11.3 Å². The summed E-state index contributed by atoms with van der Waals surface area (Å²) < 4.78 is 6.47. The molecule has 5 unspecified atom stereocenters. The lowest BCUT2D eigenvalue weighted by atomic mass is 9.51. The van der Waals surface area contributed by atoms with Crippen molar-refractivity contribution < 1.29 is 29.3 Å². The van der Waals surface area contributed by atoms with Crippen LogP contribution in [0.5, 0.6) is 11.5 Å². The van der Waals surface area contributed by atoms with Crippen molar-refractivity contribution in [2.24, 2.45) is 22.7 Å². The zero-order valence-corrected chi connectivity index (χ0v) is 22.7. The van der Waals surface area contributed by atoms with Crippen molar-refractivity contribution in [2.75, 3.05) is 5.32 Å². The maximum absolute atomic E-state index is 13.2. The standard InChI is InChI=1S/C31H35N3O6/c1-29(25(37)9-12-31-15-20-14-24(27(29)31)40-30(20,2)17-31)11-10-26(38)33-34-28(39)18-3-5-21(6-4-18)32-16-19-13-22(35)7-8-23(19)36/h3-9,12-13,20,24,27,32,35-36H,10-11,14-17H2,1-2H3,(H,33,38)(H,34,39)/t20?,24?,27?,29-,30?,31?/m1/s1. The molecule has 2 aliphatic heterocycles. The Bertz CT molecular complexity index is 1410. The maximum Gasteiger partial charge on any atom is 0.269 e. The van der Waals surface area contributed by atoms with E-state index in [-0.39, 0.29) is 59.2 Å². The Balaban J connectivity index is 1.01. The summed E-state index contributed by atoms with van der Waals surface area (Å²) in [6.45, 7) is 4.47. The first-order valence-corrected chi connectivity index (χ1v) is 13.9. The summed E-state index contributed by atoms with van der Waals surface area (Å²) >= 11 is 0. The van der Waals surface area contributed by atoms with E-state index in [1.807, 2.05) is 6.92 Å². The van der Waals surface area contributed by atoms with Crippen LogP contribution in [0, 0.1) is 22.7 Å². The van der Waals surface area contributed by atoms with Gasteiger partial charge in [0.1, 0.15) is 11.5 Å². The molecule has 9 heteroatoms. The van der Waals surface area contributed by atoms with E-state index in [2.05, 4.69) is 29.2 Å². The second-order valence-corrected chi connectivity index (χ2v) is 12.4. The normalized spacial score (nSPS) is 33.0. The lowest BCUT2D eigenvalue weighted by molar-refractivity contribution is -0.169. The molecule has 40 heavy (non-hydrogen) atoms. The predicted octanol–water partition coefficient (Wildman–Crippen LogP) is 3.97. The lowest BCUT2D eigenvalue weighted by Gasteiger charge is -2.55. The number of amides is 2. The Hall–Kier alpha value is -3.85. The predicted molar refractivity (Wildman–Crippen MR) is 147 cm³/mol. The molecule has 2 saturated carbocycles. The summed E-state index contributed by atoms with van der Waals surface area (Å²) in [5.41, 5.74) is 5.75. The van der Waals surface area contributed by atoms with Gasteiger partial charge in [0, 0.05) is 41.1 Å². The first-order chi connectivity index (χ1) is 19.0. The van der Waals surface area contributed by atoms with E-state index >= 15 is 0 Å². The van der Waals surface area contributed by atoms with Crippen molar-refractivity contribution in [1.82, 2.24) is 10.9 Å².